The maximum atomic E-state index is 11.0. The molecule has 0 unspecified atom stereocenters. The maximum Gasteiger partial charge on any atom is 0.412 e. The molecule has 0 spiro atoms. The number of halogens is 4. The Balaban J connectivity index is 3.54. The lowest BCUT2D eigenvalue weighted by Gasteiger charge is -2.06. The second-order valence-electron chi connectivity index (χ2n) is 0.943. The second-order valence-corrected chi connectivity index (χ2v) is 2.29. The van der Waals surface area contributed by atoms with E-state index in [0.29, 0.717) is 0 Å². The summed E-state index contributed by atoms with van der Waals surface area (Å²) in [6.07, 6.45) is -4.24. The Hall–Kier alpha value is 0.480. The largest absolute Gasteiger partial charge is 0.412 e. The molecule has 0 rings (SSSR count). The SMILES string of the molecule is N[C@H](I)C(F)(F)F. The third-order valence-electron chi connectivity index (χ3n) is 0.313. The molecule has 0 aliphatic rings. The third-order valence-corrected chi connectivity index (χ3v) is 1.02. The van der Waals surface area contributed by atoms with Crippen LogP contribution in [0.15, 0.2) is 0 Å². The minimum absolute atomic E-state index is 1.10. The van der Waals surface area contributed by atoms with Gasteiger partial charge < -0.3 is 5.73 Å². The lowest BCUT2D eigenvalue weighted by Crippen LogP contribution is -2.30. The van der Waals surface area contributed by atoms with Crippen LogP contribution in [0.3, 0.4) is 0 Å². The monoisotopic (exact) mass is 225 g/mol. The zero-order valence-electron chi connectivity index (χ0n) is 3.17. The Morgan fingerprint density at radius 1 is 1.43 bits per heavy atom. The normalized spacial score (nSPS) is 16.7. The summed E-state index contributed by atoms with van der Waals surface area (Å²) in [5, 5.41) is 0. The molecule has 7 heavy (non-hydrogen) atoms. The minimum Gasteiger partial charge on any atom is -0.312 e. The topological polar surface area (TPSA) is 26.0 Å². The standard InChI is InChI=1S/C2H3F3IN/c3-2(4,5)1(6)7/h1H,7H2/t1-/m0/s1. The first-order valence-corrected chi connectivity index (χ1v) is 2.65. The molecule has 0 aliphatic heterocycles. The van der Waals surface area contributed by atoms with Gasteiger partial charge in [0.15, 0.2) is 4.05 Å². The summed E-state index contributed by atoms with van der Waals surface area (Å²) in [4.78, 5) is 0. The van der Waals surface area contributed by atoms with Gasteiger partial charge >= 0.3 is 6.18 Å². The summed E-state index contributed by atoms with van der Waals surface area (Å²) in [6.45, 7) is 0. The van der Waals surface area contributed by atoms with Gasteiger partial charge in [-0.25, -0.2) is 0 Å². The van der Waals surface area contributed by atoms with Gasteiger partial charge in [0.25, 0.3) is 0 Å². The van der Waals surface area contributed by atoms with Gasteiger partial charge in [-0.3, -0.25) is 0 Å². The summed E-state index contributed by atoms with van der Waals surface area (Å²) in [7, 11) is 0. The van der Waals surface area contributed by atoms with Gasteiger partial charge in [-0.15, -0.1) is 0 Å². The van der Waals surface area contributed by atoms with Crippen molar-refractivity contribution in [3.8, 4) is 0 Å². The Morgan fingerprint density at radius 2 is 1.57 bits per heavy atom. The average Bonchev–Trinajstić information content (AvgIpc) is 1.31. The van der Waals surface area contributed by atoms with Gasteiger partial charge in [0.1, 0.15) is 0 Å². The predicted octanol–water partition coefficient (Wildman–Crippen LogP) is 1.27. The van der Waals surface area contributed by atoms with E-state index in [1.165, 1.54) is 0 Å². The van der Waals surface area contributed by atoms with Crippen LogP contribution in [0.1, 0.15) is 0 Å². The summed E-state index contributed by atoms with van der Waals surface area (Å²) >= 11 is 1.10. The molecule has 0 amide bonds. The van der Waals surface area contributed by atoms with E-state index in [1.807, 2.05) is 0 Å². The van der Waals surface area contributed by atoms with Crippen LogP contribution in [0.25, 0.3) is 0 Å². The van der Waals surface area contributed by atoms with Crippen molar-refractivity contribution < 1.29 is 13.2 Å². The Morgan fingerprint density at radius 3 is 1.57 bits per heavy atom. The molecular formula is C2H3F3IN. The first kappa shape index (κ1) is 7.48. The van der Waals surface area contributed by atoms with Crippen molar-refractivity contribution in [3.05, 3.63) is 0 Å². The van der Waals surface area contributed by atoms with E-state index in [4.69, 9.17) is 0 Å². The Labute approximate surface area is 52.2 Å². The van der Waals surface area contributed by atoms with E-state index in [0.717, 1.165) is 22.6 Å². The van der Waals surface area contributed by atoms with Gasteiger partial charge in [-0.2, -0.15) is 13.2 Å². The highest BCUT2D eigenvalue weighted by Gasteiger charge is 2.34. The number of alkyl halides is 4. The molecule has 0 radical (unpaired) electrons. The highest BCUT2D eigenvalue weighted by atomic mass is 127. The number of hydrogen-bond acceptors (Lipinski definition) is 1. The average molecular weight is 225 g/mol. The molecule has 2 N–H and O–H groups in total. The number of nitrogens with two attached hydrogens (primary N) is 1. The molecule has 0 aliphatic carbocycles. The van der Waals surface area contributed by atoms with Crippen LogP contribution in [-0.4, -0.2) is 10.2 Å². The van der Waals surface area contributed by atoms with Crippen molar-refractivity contribution in [2.75, 3.05) is 0 Å². The Kier molecular flexibility index (Phi) is 2.31. The van der Waals surface area contributed by atoms with Crippen molar-refractivity contribution in [1.29, 1.82) is 0 Å². The number of hydrogen-bond donors (Lipinski definition) is 1. The van der Waals surface area contributed by atoms with Gasteiger partial charge in [0.05, 0.1) is 0 Å². The molecule has 1 atom stereocenters. The molecule has 1 nitrogen and oxygen atoms in total. The van der Waals surface area contributed by atoms with Gasteiger partial charge in [-0.05, 0) is 0 Å². The molecule has 0 saturated carbocycles. The molecule has 0 aromatic carbocycles. The first-order valence-electron chi connectivity index (χ1n) is 1.41. The minimum atomic E-state index is -4.24. The molecule has 0 fully saturated rings. The van der Waals surface area contributed by atoms with Crippen molar-refractivity contribution in [3.63, 3.8) is 0 Å². The zero-order valence-corrected chi connectivity index (χ0v) is 5.32. The zero-order chi connectivity index (χ0) is 6.08. The fourth-order valence-corrected chi connectivity index (χ4v) is 0. The van der Waals surface area contributed by atoms with E-state index in [9.17, 15) is 13.2 Å². The fraction of sp³-hybridized carbons (Fsp3) is 1.00. The second kappa shape index (κ2) is 2.17. The predicted molar refractivity (Wildman–Crippen MR) is 28.1 cm³/mol. The van der Waals surface area contributed by atoms with Crippen LogP contribution in [0.5, 0.6) is 0 Å². The lowest BCUT2D eigenvalue weighted by molar-refractivity contribution is -0.123. The summed E-state index contributed by atoms with van der Waals surface area (Å²) < 4.78 is 31.4. The van der Waals surface area contributed by atoms with Gasteiger partial charge in [0, 0.05) is 0 Å². The van der Waals surface area contributed by atoms with Crippen LogP contribution in [0.4, 0.5) is 13.2 Å². The van der Waals surface area contributed by atoms with E-state index < -0.39 is 10.2 Å². The van der Waals surface area contributed by atoms with Crippen LogP contribution >= 0.6 is 22.6 Å². The van der Waals surface area contributed by atoms with Gasteiger partial charge in [0.2, 0.25) is 0 Å². The molecule has 0 bridgehead atoms. The van der Waals surface area contributed by atoms with Crippen molar-refractivity contribution in [2.45, 2.75) is 10.2 Å². The molecule has 5 heteroatoms. The highest BCUT2D eigenvalue weighted by molar-refractivity contribution is 14.1. The summed E-state index contributed by atoms with van der Waals surface area (Å²) in [6, 6.07) is 0. The quantitative estimate of drug-likeness (QED) is 0.375. The Bertz CT molecular complexity index is 58.4. The molecule has 0 aromatic rings. The fourth-order valence-electron chi connectivity index (χ4n) is 0. The van der Waals surface area contributed by atoms with Crippen LogP contribution < -0.4 is 5.73 Å². The molecule has 44 valence electrons. The lowest BCUT2D eigenvalue weighted by atomic mass is 10.7. The molecule has 0 heterocycles. The van der Waals surface area contributed by atoms with E-state index in [-0.39, 0.29) is 0 Å². The molecule has 0 saturated heterocycles. The number of rotatable bonds is 0. The van der Waals surface area contributed by atoms with Gasteiger partial charge in [-0.1, -0.05) is 22.6 Å². The van der Waals surface area contributed by atoms with Crippen molar-refractivity contribution in [2.24, 2.45) is 5.73 Å². The van der Waals surface area contributed by atoms with Crippen molar-refractivity contribution >= 4 is 22.6 Å². The van der Waals surface area contributed by atoms with Crippen LogP contribution in [0.2, 0.25) is 0 Å². The van der Waals surface area contributed by atoms with Crippen LogP contribution in [-0.2, 0) is 0 Å². The highest BCUT2D eigenvalue weighted by Crippen LogP contribution is 2.21. The third kappa shape index (κ3) is 3.10. The van der Waals surface area contributed by atoms with Crippen molar-refractivity contribution in [1.82, 2.24) is 0 Å². The maximum absolute atomic E-state index is 11.0. The smallest absolute Gasteiger partial charge is 0.312 e. The summed E-state index contributed by atoms with van der Waals surface area (Å²) in [5.41, 5.74) is 4.43. The molecule has 0 aromatic heterocycles. The van der Waals surface area contributed by atoms with E-state index >= 15 is 0 Å². The summed E-state index contributed by atoms with van der Waals surface area (Å²) in [5.74, 6) is 0. The van der Waals surface area contributed by atoms with Crippen LogP contribution in [0, 0.1) is 0 Å². The van der Waals surface area contributed by atoms with E-state index in [1.54, 1.807) is 0 Å². The first-order chi connectivity index (χ1) is 2.94. The molecular weight excluding hydrogens is 222 g/mol. The van der Waals surface area contributed by atoms with E-state index in [2.05, 4.69) is 5.73 Å².